The van der Waals surface area contributed by atoms with Crippen LogP contribution < -0.4 is 15.5 Å². The van der Waals surface area contributed by atoms with E-state index in [-0.39, 0.29) is 24.6 Å². The van der Waals surface area contributed by atoms with Gasteiger partial charge in [-0.05, 0) is 36.4 Å². The molecule has 2 N–H and O–H groups in total. The molecule has 2 amide bonds. The summed E-state index contributed by atoms with van der Waals surface area (Å²) in [5, 5.41) is 5.28. The van der Waals surface area contributed by atoms with Gasteiger partial charge in [0.1, 0.15) is 5.82 Å². The van der Waals surface area contributed by atoms with Crippen molar-refractivity contribution in [3.8, 4) is 0 Å². The summed E-state index contributed by atoms with van der Waals surface area (Å²) in [4.78, 5) is 25.8. The van der Waals surface area contributed by atoms with Crippen molar-refractivity contribution >= 4 is 17.5 Å². The zero-order valence-corrected chi connectivity index (χ0v) is 13.7. The fourth-order valence-electron chi connectivity index (χ4n) is 2.11. The van der Waals surface area contributed by atoms with Gasteiger partial charge in [-0.25, -0.2) is 4.39 Å². The number of carbonyl (C=O) groups excluding carboxylic acids is 2. The molecule has 0 unspecified atom stereocenters. The van der Waals surface area contributed by atoms with Gasteiger partial charge in [0, 0.05) is 38.4 Å². The number of hydrogen-bond donors (Lipinski definition) is 2. The molecule has 0 saturated heterocycles. The molecule has 0 bridgehead atoms. The van der Waals surface area contributed by atoms with Crippen LogP contribution in [0.1, 0.15) is 20.7 Å². The molecule has 0 fully saturated rings. The molecule has 0 spiro atoms. The average Bonchev–Trinajstić information content (AvgIpc) is 2.58. The van der Waals surface area contributed by atoms with Crippen molar-refractivity contribution in [2.24, 2.45) is 0 Å². The lowest BCUT2D eigenvalue weighted by Gasteiger charge is -2.12. The number of benzene rings is 2. The van der Waals surface area contributed by atoms with Crippen LogP contribution in [0.15, 0.2) is 48.5 Å². The van der Waals surface area contributed by atoms with E-state index in [1.807, 2.05) is 31.1 Å². The molecule has 2 aromatic rings. The van der Waals surface area contributed by atoms with Crippen molar-refractivity contribution in [2.75, 3.05) is 32.1 Å². The van der Waals surface area contributed by atoms with E-state index in [9.17, 15) is 14.0 Å². The molecule has 0 atom stereocenters. The van der Waals surface area contributed by atoms with Crippen LogP contribution in [0.5, 0.6) is 0 Å². The molecule has 2 aromatic carbocycles. The maximum Gasteiger partial charge on any atom is 0.254 e. The normalized spacial score (nSPS) is 10.1. The minimum atomic E-state index is -0.569. The number of amides is 2. The number of carbonyl (C=O) groups is 2. The van der Waals surface area contributed by atoms with E-state index in [2.05, 4.69) is 10.6 Å². The molecule has 0 heterocycles. The van der Waals surface area contributed by atoms with Gasteiger partial charge in [0.15, 0.2) is 0 Å². The minimum absolute atomic E-state index is 0.0110. The Morgan fingerprint density at radius 3 is 2.08 bits per heavy atom. The lowest BCUT2D eigenvalue weighted by Crippen LogP contribution is -2.35. The van der Waals surface area contributed by atoms with Crippen molar-refractivity contribution in [2.45, 2.75) is 0 Å². The van der Waals surface area contributed by atoms with Crippen LogP contribution in [0.25, 0.3) is 0 Å². The first-order chi connectivity index (χ1) is 11.5. The lowest BCUT2D eigenvalue weighted by molar-refractivity contribution is 0.0925. The second-order valence-electron chi connectivity index (χ2n) is 5.43. The van der Waals surface area contributed by atoms with E-state index in [0.717, 1.165) is 5.69 Å². The van der Waals surface area contributed by atoms with E-state index >= 15 is 0 Å². The van der Waals surface area contributed by atoms with Crippen LogP contribution in [-0.4, -0.2) is 39.0 Å². The Balaban J connectivity index is 1.78. The van der Waals surface area contributed by atoms with Gasteiger partial charge in [0.25, 0.3) is 11.8 Å². The topological polar surface area (TPSA) is 61.4 Å². The second-order valence-corrected chi connectivity index (χ2v) is 5.43. The summed E-state index contributed by atoms with van der Waals surface area (Å²) in [5.74, 6) is -1.29. The molecule has 0 aromatic heterocycles. The fraction of sp³-hybridized carbons (Fsp3) is 0.222. The predicted octanol–water partition coefficient (Wildman–Crippen LogP) is 2.05. The van der Waals surface area contributed by atoms with E-state index in [1.165, 1.54) is 18.2 Å². The Morgan fingerprint density at radius 2 is 1.50 bits per heavy atom. The third-order valence-corrected chi connectivity index (χ3v) is 3.46. The summed E-state index contributed by atoms with van der Waals surface area (Å²) in [6.45, 7) is 0.475. The third kappa shape index (κ3) is 4.55. The number of anilines is 1. The molecule has 0 radical (unpaired) electrons. The van der Waals surface area contributed by atoms with Crippen LogP contribution >= 0.6 is 0 Å². The average molecular weight is 329 g/mol. The number of rotatable bonds is 6. The number of hydrogen-bond acceptors (Lipinski definition) is 3. The molecule has 0 aliphatic heterocycles. The molecule has 0 aliphatic carbocycles. The molecule has 5 nitrogen and oxygen atoms in total. The second kappa shape index (κ2) is 8.10. The van der Waals surface area contributed by atoms with Crippen LogP contribution in [0.3, 0.4) is 0 Å². The zero-order valence-electron chi connectivity index (χ0n) is 13.7. The van der Waals surface area contributed by atoms with Crippen LogP contribution in [-0.2, 0) is 0 Å². The van der Waals surface area contributed by atoms with E-state index in [4.69, 9.17) is 0 Å². The third-order valence-electron chi connectivity index (χ3n) is 3.46. The smallest absolute Gasteiger partial charge is 0.254 e. The highest BCUT2D eigenvalue weighted by molar-refractivity contribution is 5.95. The maximum absolute atomic E-state index is 13.5. The number of nitrogens with one attached hydrogen (secondary N) is 2. The summed E-state index contributed by atoms with van der Waals surface area (Å²) in [6.07, 6.45) is 0. The molecule has 6 heteroatoms. The summed E-state index contributed by atoms with van der Waals surface area (Å²) in [7, 11) is 3.85. The zero-order chi connectivity index (χ0) is 17.5. The highest BCUT2D eigenvalue weighted by Gasteiger charge is 2.10. The monoisotopic (exact) mass is 329 g/mol. The van der Waals surface area contributed by atoms with Gasteiger partial charge in [-0.15, -0.1) is 0 Å². The molecule has 126 valence electrons. The summed E-state index contributed by atoms with van der Waals surface area (Å²) >= 11 is 0. The lowest BCUT2D eigenvalue weighted by atomic mass is 10.2. The molecular formula is C18H20FN3O2. The summed E-state index contributed by atoms with van der Waals surface area (Å²) in [6, 6.07) is 12.9. The predicted molar refractivity (Wildman–Crippen MR) is 91.8 cm³/mol. The number of nitrogens with zero attached hydrogens (tertiary/aromatic N) is 1. The van der Waals surface area contributed by atoms with Gasteiger partial charge in [-0.3, -0.25) is 9.59 Å². The van der Waals surface area contributed by atoms with Crippen LogP contribution in [0.2, 0.25) is 0 Å². The SMILES string of the molecule is CN(C)c1ccc(C(=O)NCCNC(=O)c2ccccc2F)cc1. The fourth-order valence-corrected chi connectivity index (χ4v) is 2.11. The van der Waals surface area contributed by atoms with Gasteiger partial charge in [-0.1, -0.05) is 12.1 Å². The Bertz CT molecular complexity index is 714. The number of halogens is 1. The van der Waals surface area contributed by atoms with Crippen molar-refractivity contribution in [3.63, 3.8) is 0 Å². The molecule has 0 saturated carbocycles. The molecule has 0 aliphatic rings. The van der Waals surface area contributed by atoms with Crippen molar-refractivity contribution in [1.82, 2.24) is 10.6 Å². The van der Waals surface area contributed by atoms with Crippen molar-refractivity contribution in [1.29, 1.82) is 0 Å². The first kappa shape index (κ1) is 17.5. The molecule has 2 rings (SSSR count). The Morgan fingerprint density at radius 1 is 0.917 bits per heavy atom. The van der Waals surface area contributed by atoms with Gasteiger partial charge in [-0.2, -0.15) is 0 Å². The largest absolute Gasteiger partial charge is 0.378 e. The van der Waals surface area contributed by atoms with E-state index < -0.39 is 11.7 Å². The van der Waals surface area contributed by atoms with Crippen molar-refractivity contribution in [3.05, 3.63) is 65.5 Å². The van der Waals surface area contributed by atoms with E-state index in [0.29, 0.717) is 5.56 Å². The van der Waals surface area contributed by atoms with Gasteiger partial charge in [0.05, 0.1) is 5.56 Å². The maximum atomic E-state index is 13.5. The van der Waals surface area contributed by atoms with Gasteiger partial charge < -0.3 is 15.5 Å². The Labute approximate surface area is 140 Å². The van der Waals surface area contributed by atoms with Gasteiger partial charge >= 0.3 is 0 Å². The Hall–Kier alpha value is -2.89. The van der Waals surface area contributed by atoms with Gasteiger partial charge in [0.2, 0.25) is 0 Å². The molecular weight excluding hydrogens is 309 g/mol. The summed E-state index contributed by atoms with van der Waals surface area (Å²) < 4.78 is 13.5. The molecule has 24 heavy (non-hydrogen) atoms. The standard InChI is InChI=1S/C18H20FN3O2/c1-22(2)14-9-7-13(8-10-14)17(23)20-11-12-21-18(24)15-5-3-4-6-16(15)19/h3-10H,11-12H2,1-2H3,(H,20,23)(H,21,24). The first-order valence-electron chi connectivity index (χ1n) is 7.57. The van der Waals surface area contributed by atoms with Crippen LogP contribution in [0.4, 0.5) is 10.1 Å². The quantitative estimate of drug-likeness (QED) is 0.798. The first-order valence-corrected chi connectivity index (χ1v) is 7.57. The Kier molecular flexibility index (Phi) is 5.89. The minimum Gasteiger partial charge on any atom is -0.378 e. The highest BCUT2D eigenvalue weighted by atomic mass is 19.1. The van der Waals surface area contributed by atoms with Crippen molar-refractivity contribution < 1.29 is 14.0 Å². The van der Waals surface area contributed by atoms with Crippen LogP contribution in [0, 0.1) is 5.82 Å². The summed E-state index contributed by atoms with van der Waals surface area (Å²) in [5.41, 5.74) is 1.54. The van der Waals surface area contributed by atoms with E-state index in [1.54, 1.807) is 18.2 Å². The highest BCUT2D eigenvalue weighted by Crippen LogP contribution is 2.12.